The zero-order valence-electron chi connectivity index (χ0n) is 17.7. The standard InChI is InChI=1S/C23H20F3N5O2/c1-30-13-16(11-28-30)20-17-10-19(29-21(17)27-12-18(20)23(24,25)26)14-2-4-15(5-3-14)22(32)31-6-8-33-9-7-31/h2-5,10-13H,6-9H2,1H3,(H,27,29). The molecule has 0 radical (unpaired) electrons. The van der Waals surface area contributed by atoms with E-state index in [2.05, 4.69) is 15.1 Å². The van der Waals surface area contributed by atoms with Crippen molar-refractivity contribution in [3.05, 3.63) is 60.0 Å². The topological polar surface area (TPSA) is 76.0 Å². The molecule has 0 spiro atoms. The molecule has 0 aliphatic carbocycles. The van der Waals surface area contributed by atoms with Crippen LogP contribution in [-0.2, 0) is 18.0 Å². The number of aromatic amines is 1. The van der Waals surface area contributed by atoms with Crippen LogP contribution in [0.4, 0.5) is 13.2 Å². The Kier molecular flexibility index (Phi) is 5.16. The molecule has 7 nitrogen and oxygen atoms in total. The highest BCUT2D eigenvalue weighted by Gasteiger charge is 2.36. The van der Waals surface area contributed by atoms with Gasteiger partial charge in [0.25, 0.3) is 5.91 Å². The number of morpholine rings is 1. The molecule has 170 valence electrons. The lowest BCUT2D eigenvalue weighted by molar-refractivity contribution is -0.137. The molecule has 1 saturated heterocycles. The average Bonchev–Trinajstić information content (AvgIpc) is 3.44. The van der Waals surface area contributed by atoms with Gasteiger partial charge in [-0.1, -0.05) is 12.1 Å². The molecule has 1 aliphatic rings. The molecule has 0 unspecified atom stereocenters. The minimum atomic E-state index is -4.56. The number of amides is 1. The van der Waals surface area contributed by atoms with E-state index in [1.165, 1.54) is 10.9 Å². The van der Waals surface area contributed by atoms with E-state index in [-0.39, 0.29) is 11.5 Å². The molecule has 1 fully saturated rings. The molecule has 1 aromatic carbocycles. The predicted octanol–water partition coefficient (Wildman–Crippen LogP) is 4.12. The number of halogens is 3. The lowest BCUT2D eigenvalue weighted by Gasteiger charge is -2.26. The monoisotopic (exact) mass is 455 g/mol. The van der Waals surface area contributed by atoms with Gasteiger partial charge in [-0.2, -0.15) is 18.3 Å². The number of alkyl halides is 3. The van der Waals surface area contributed by atoms with Gasteiger partial charge in [0.05, 0.1) is 25.0 Å². The van der Waals surface area contributed by atoms with Gasteiger partial charge in [0.2, 0.25) is 0 Å². The van der Waals surface area contributed by atoms with Crippen molar-refractivity contribution in [3.8, 4) is 22.4 Å². The van der Waals surface area contributed by atoms with Crippen LogP contribution in [0.1, 0.15) is 15.9 Å². The zero-order chi connectivity index (χ0) is 23.2. The molecule has 4 heterocycles. The van der Waals surface area contributed by atoms with Gasteiger partial charge < -0.3 is 14.6 Å². The van der Waals surface area contributed by atoms with E-state index in [4.69, 9.17) is 4.74 Å². The Balaban J connectivity index is 1.54. The summed E-state index contributed by atoms with van der Waals surface area (Å²) in [5.74, 6) is -0.0724. The number of ether oxygens (including phenoxy) is 1. The largest absolute Gasteiger partial charge is 0.418 e. The van der Waals surface area contributed by atoms with E-state index in [0.717, 1.165) is 11.8 Å². The summed E-state index contributed by atoms with van der Waals surface area (Å²) < 4.78 is 48.0. The number of nitrogens with one attached hydrogen (secondary N) is 1. The molecular formula is C23H20F3N5O2. The van der Waals surface area contributed by atoms with Crippen molar-refractivity contribution < 1.29 is 22.7 Å². The van der Waals surface area contributed by atoms with Gasteiger partial charge in [0.15, 0.2) is 0 Å². The first-order chi connectivity index (χ1) is 15.8. The SMILES string of the molecule is Cn1cc(-c2c(C(F)(F)F)cnc3[nH]c(-c4ccc(C(=O)N5CCOCC5)cc4)cc23)cn1. The summed E-state index contributed by atoms with van der Waals surface area (Å²) in [5.41, 5.74) is 1.79. The Morgan fingerprint density at radius 1 is 1.09 bits per heavy atom. The molecule has 5 rings (SSSR count). The van der Waals surface area contributed by atoms with Gasteiger partial charge in [0.1, 0.15) is 5.65 Å². The van der Waals surface area contributed by atoms with Crippen molar-refractivity contribution in [1.29, 1.82) is 0 Å². The first kappa shape index (κ1) is 21.2. The zero-order valence-corrected chi connectivity index (χ0v) is 17.7. The molecule has 0 bridgehead atoms. The molecule has 10 heteroatoms. The van der Waals surface area contributed by atoms with Crippen LogP contribution in [0.2, 0.25) is 0 Å². The van der Waals surface area contributed by atoms with E-state index in [1.54, 1.807) is 48.5 Å². The molecule has 0 saturated carbocycles. The molecule has 4 aromatic rings. The van der Waals surface area contributed by atoms with Crippen LogP contribution in [0.25, 0.3) is 33.4 Å². The number of fused-ring (bicyclic) bond motifs is 1. The Hall–Kier alpha value is -3.66. The Bertz CT molecular complexity index is 1320. The van der Waals surface area contributed by atoms with Crippen molar-refractivity contribution in [2.75, 3.05) is 26.3 Å². The van der Waals surface area contributed by atoms with E-state index in [9.17, 15) is 18.0 Å². The summed E-state index contributed by atoms with van der Waals surface area (Å²) in [6.07, 6.45) is -0.772. The number of pyridine rings is 1. The quantitative estimate of drug-likeness (QED) is 0.504. The van der Waals surface area contributed by atoms with Crippen LogP contribution in [0.5, 0.6) is 0 Å². The molecule has 0 atom stereocenters. The minimum Gasteiger partial charge on any atom is -0.378 e. The highest BCUT2D eigenvalue weighted by molar-refractivity contribution is 5.98. The van der Waals surface area contributed by atoms with Gasteiger partial charge in [-0.25, -0.2) is 4.98 Å². The summed E-state index contributed by atoms with van der Waals surface area (Å²) in [6, 6.07) is 8.63. The number of rotatable bonds is 3. The van der Waals surface area contributed by atoms with Crippen LogP contribution < -0.4 is 0 Å². The van der Waals surface area contributed by atoms with Gasteiger partial charge in [-0.05, 0) is 23.8 Å². The molecule has 3 aromatic heterocycles. The first-order valence-electron chi connectivity index (χ1n) is 10.4. The minimum absolute atomic E-state index is 0.0298. The summed E-state index contributed by atoms with van der Waals surface area (Å²) in [4.78, 5) is 21.5. The van der Waals surface area contributed by atoms with Crippen molar-refractivity contribution >= 4 is 16.9 Å². The average molecular weight is 455 g/mol. The predicted molar refractivity (Wildman–Crippen MR) is 115 cm³/mol. The van der Waals surface area contributed by atoms with Crippen LogP contribution in [0.15, 0.2) is 48.9 Å². The van der Waals surface area contributed by atoms with E-state index in [0.29, 0.717) is 54.2 Å². The highest BCUT2D eigenvalue weighted by atomic mass is 19.4. The number of hydrogen-bond acceptors (Lipinski definition) is 4. The lowest BCUT2D eigenvalue weighted by atomic mass is 10.00. The maximum Gasteiger partial charge on any atom is 0.418 e. The Labute approximate surface area is 186 Å². The molecular weight excluding hydrogens is 435 g/mol. The smallest absolute Gasteiger partial charge is 0.378 e. The maximum atomic E-state index is 13.8. The van der Waals surface area contributed by atoms with Gasteiger partial charge in [0, 0.05) is 60.3 Å². The number of benzene rings is 1. The van der Waals surface area contributed by atoms with Gasteiger partial charge >= 0.3 is 6.18 Å². The Morgan fingerprint density at radius 2 is 1.82 bits per heavy atom. The van der Waals surface area contributed by atoms with Crippen LogP contribution in [0, 0.1) is 0 Å². The fourth-order valence-electron chi connectivity index (χ4n) is 4.05. The molecule has 1 amide bonds. The molecule has 1 N–H and O–H groups in total. The van der Waals surface area contributed by atoms with Crippen molar-refractivity contribution in [3.63, 3.8) is 0 Å². The third-order valence-corrected chi connectivity index (χ3v) is 5.70. The highest BCUT2D eigenvalue weighted by Crippen LogP contribution is 2.41. The second kappa shape index (κ2) is 8.04. The summed E-state index contributed by atoms with van der Waals surface area (Å²) in [7, 11) is 1.65. The summed E-state index contributed by atoms with van der Waals surface area (Å²) in [6.45, 7) is 2.13. The third-order valence-electron chi connectivity index (χ3n) is 5.70. The van der Waals surface area contributed by atoms with Gasteiger partial charge in [-0.3, -0.25) is 9.48 Å². The second-order valence-electron chi connectivity index (χ2n) is 7.87. The van der Waals surface area contributed by atoms with Crippen LogP contribution >= 0.6 is 0 Å². The van der Waals surface area contributed by atoms with E-state index < -0.39 is 11.7 Å². The fraction of sp³-hybridized carbons (Fsp3) is 0.261. The number of hydrogen-bond donors (Lipinski definition) is 1. The number of carbonyl (C=O) groups excluding carboxylic acids is 1. The Morgan fingerprint density at radius 3 is 2.45 bits per heavy atom. The molecule has 1 aliphatic heterocycles. The number of aromatic nitrogens is 4. The number of nitrogens with zero attached hydrogens (tertiary/aromatic N) is 4. The number of aryl methyl sites for hydroxylation is 1. The maximum absolute atomic E-state index is 13.8. The second-order valence-corrected chi connectivity index (χ2v) is 7.87. The molecule has 33 heavy (non-hydrogen) atoms. The lowest BCUT2D eigenvalue weighted by Crippen LogP contribution is -2.40. The summed E-state index contributed by atoms with van der Waals surface area (Å²) >= 11 is 0. The van der Waals surface area contributed by atoms with Crippen molar-refractivity contribution in [2.45, 2.75) is 6.18 Å². The number of carbonyl (C=O) groups is 1. The summed E-state index contributed by atoms with van der Waals surface area (Å²) in [5, 5.41) is 4.38. The fourth-order valence-corrected chi connectivity index (χ4v) is 4.05. The van der Waals surface area contributed by atoms with Crippen LogP contribution in [-0.4, -0.2) is 56.9 Å². The number of H-pyrrole nitrogens is 1. The van der Waals surface area contributed by atoms with Crippen molar-refractivity contribution in [1.82, 2.24) is 24.6 Å². The normalized spacial score (nSPS) is 14.7. The van der Waals surface area contributed by atoms with Crippen LogP contribution in [0.3, 0.4) is 0 Å². The first-order valence-corrected chi connectivity index (χ1v) is 10.4. The van der Waals surface area contributed by atoms with E-state index in [1.807, 2.05) is 0 Å². The van der Waals surface area contributed by atoms with E-state index >= 15 is 0 Å². The third kappa shape index (κ3) is 3.97. The van der Waals surface area contributed by atoms with Crippen molar-refractivity contribution in [2.24, 2.45) is 7.05 Å². The van der Waals surface area contributed by atoms with Gasteiger partial charge in [-0.15, -0.1) is 0 Å².